The number of nitrogens with one attached hydrogen (secondary N) is 1. The molecule has 0 saturated carbocycles. The minimum atomic E-state index is -0.315. The number of nitrogens with zero attached hydrogens (tertiary/aromatic N) is 2. The van der Waals surface area contributed by atoms with E-state index >= 15 is 0 Å². The maximum atomic E-state index is 13.6. The Balaban J connectivity index is 4.96. The topological polar surface area (TPSA) is 105 Å². The van der Waals surface area contributed by atoms with E-state index in [2.05, 4.69) is 37.9 Å². The fraction of sp³-hybridized carbons (Fsp3) is 0.929. The normalized spacial score (nSPS) is 12.9. The van der Waals surface area contributed by atoms with Crippen LogP contribution in [0.3, 0.4) is 0 Å². The summed E-state index contributed by atoms with van der Waals surface area (Å²) in [5, 5.41) is 2.69. The number of rotatable bonds is 48. The van der Waals surface area contributed by atoms with Gasteiger partial charge in [-0.15, -0.1) is 0 Å². The molecule has 1 N–H and O–H groups in total. The maximum absolute atomic E-state index is 13.6. The Morgan fingerprint density at radius 2 is 0.738 bits per heavy atom. The van der Waals surface area contributed by atoms with Gasteiger partial charge < -0.3 is 19.7 Å². The van der Waals surface area contributed by atoms with E-state index in [1.165, 1.54) is 108 Å². The fourth-order valence-electron chi connectivity index (χ4n) is 9.17. The molecule has 0 saturated heterocycles. The molecule has 3 amide bonds. The molecule has 0 fully saturated rings. The van der Waals surface area contributed by atoms with Crippen LogP contribution >= 0.6 is 0 Å². The number of urea groups is 1. The van der Waals surface area contributed by atoms with Gasteiger partial charge >= 0.3 is 18.0 Å². The summed E-state index contributed by atoms with van der Waals surface area (Å²) < 4.78 is 11.7. The Bertz CT molecular complexity index is 1040. The van der Waals surface area contributed by atoms with E-state index in [-0.39, 0.29) is 41.6 Å². The molecule has 0 heterocycles. The molecule has 2 unspecified atom stereocenters. The van der Waals surface area contributed by atoms with Crippen molar-refractivity contribution in [1.82, 2.24) is 15.1 Å². The summed E-state index contributed by atoms with van der Waals surface area (Å²) in [4.78, 5) is 56.1. The van der Waals surface area contributed by atoms with E-state index in [4.69, 9.17) is 9.47 Å². The molecule has 65 heavy (non-hydrogen) atoms. The maximum Gasteiger partial charge on any atom is 0.323 e. The van der Waals surface area contributed by atoms with Gasteiger partial charge in [0.2, 0.25) is 5.91 Å². The second kappa shape index (κ2) is 46.9. The third-order valence-electron chi connectivity index (χ3n) is 13.5. The number of ether oxygens (including phenoxy) is 2. The van der Waals surface area contributed by atoms with Gasteiger partial charge in [-0.1, -0.05) is 207 Å². The number of carbonyl (C=O) groups excluding carboxylic acids is 4. The van der Waals surface area contributed by atoms with E-state index in [1.54, 1.807) is 7.05 Å². The molecule has 0 bridgehead atoms. The fourth-order valence-corrected chi connectivity index (χ4v) is 9.17. The van der Waals surface area contributed by atoms with Crippen LogP contribution in [-0.4, -0.2) is 81.1 Å². The Morgan fingerprint density at radius 3 is 1.09 bits per heavy atom. The van der Waals surface area contributed by atoms with Crippen molar-refractivity contribution in [2.24, 2.45) is 17.8 Å². The van der Waals surface area contributed by atoms with Crippen LogP contribution in [0.2, 0.25) is 0 Å². The van der Waals surface area contributed by atoms with Gasteiger partial charge in [0.15, 0.2) is 0 Å². The molecule has 0 radical (unpaired) electrons. The van der Waals surface area contributed by atoms with Crippen molar-refractivity contribution in [3.63, 3.8) is 0 Å². The lowest BCUT2D eigenvalue weighted by atomic mass is 9.91. The molecular formula is C56H109N3O6. The summed E-state index contributed by atoms with van der Waals surface area (Å²) in [5.74, 6) is 0.321. The van der Waals surface area contributed by atoms with Gasteiger partial charge in [-0.3, -0.25) is 19.3 Å². The SMILES string of the molecule is CCCCCCCCC(CCCCCC)C(=O)OCCCCCCCC(CCCCCCCOC(=O)C(CCCCCC)CCCCCCCC)CC(=O)N(CCCN(C)C)C(=O)NC. The number of imide groups is 1. The van der Waals surface area contributed by atoms with Gasteiger partial charge in [0.1, 0.15) is 0 Å². The van der Waals surface area contributed by atoms with Crippen LogP contribution in [0.1, 0.15) is 272 Å². The molecule has 9 heteroatoms. The number of unbranched alkanes of at least 4 members (excludes halogenated alkanes) is 24. The van der Waals surface area contributed by atoms with Crippen molar-refractivity contribution in [1.29, 1.82) is 0 Å². The van der Waals surface area contributed by atoms with Crippen LogP contribution in [0.5, 0.6) is 0 Å². The van der Waals surface area contributed by atoms with E-state index in [0.717, 1.165) is 141 Å². The van der Waals surface area contributed by atoms with E-state index in [1.807, 2.05) is 14.1 Å². The zero-order valence-electron chi connectivity index (χ0n) is 44.3. The number of hydrogen-bond acceptors (Lipinski definition) is 7. The smallest absolute Gasteiger partial charge is 0.323 e. The summed E-state index contributed by atoms with van der Waals surface area (Å²) in [6, 6.07) is -0.315. The lowest BCUT2D eigenvalue weighted by Crippen LogP contribution is -2.44. The Hall–Kier alpha value is -2.16. The van der Waals surface area contributed by atoms with Crippen molar-refractivity contribution in [3.05, 3.63) is 0 Å². The second-order valence-electron chi connectivity index (χ2n) is 20.0. The summed E-state index contributed by atoms with van der Waals surface area (Å²) in [7, 11) is 5.62. The Labute approximate surface area is 403 Å². The van der Waals surface area contributed by atoms with E-state index in [9.17, 15) is 19.2 Å². The molecule has 384 valence electrons. The predicted molar refractivity (Wildman–Crippen MR) is 275 cm³/mol. The molecule has 0 aliphatic rings. The Morgan fingerprint density at radius 1 is 0.415 bits per heavy atom. The first kappa shape index (κ1) is 62.8. The average molecular weight is 921 g/mol. The zero-order chi connectivity index (χ0) is 48.0. The van der Waals surface area contributed by atoms with Crippen molar-refractivity contribution >= 4 is 23.9 Å². The number of amides is 3. The highest BCUT2D eigenvalue weighted by Crippen LogP contribution is 2.25. The molecule has 2 atom stereocenters. The van der Waals surface area contributed by atoms with Gasteiger partial charge in [0.25, 0.3) is 0 Å². The molecule has 0 aliphatic carbocycles. The molecular weight excluding hydrogens is 811 g/mol. The zero-order valence-corrected chi connectivity index (χ0v) is 44.3. The van der Waals surface area contributed by atoms with Crippen molar-refractivity contribution in [3.8, 4) is 0 Å². The van der Waals surface area contributed by atoms with Gasteiger partial charge in [0, 0.05) is 20.0 Å². The van der Waals surface area contributed by atoms with Crippen molar-refractivity contribution < 1.29 is 28.7 Å². The first-order valence-corrected chi connectivity index (χ1v) is 28.1. The standard InChI is InChI=1S/C56H109N3O6/c1-8-12-16-20-26-34-43-51(41-32-18-14-10-3)54(61)64-47-36-28-22-24-30-39-50(49-53(60)59(56(63)57-5)46-38-45-58(6)7)40-31-25-23-29-37-48-65-55(62)52(42-33-19-15-11-4)44-35-27-21-17-13-9-2/h50-52H,8-49H2,1-7H3,(H,57,63). The molecule has 0 spiro atoms. The highest BCUT2D eigenvalue weighted by Gasteiger charge is 2.24. The third kappa shape index (κ3) is 38.5. The summed E-state index contributed by atoms with van der Waals surface area (Å²) >= 11 is 0. The second-order valence-corrected chi connectivity index (χ2v) is 20.0. The summed E-state index contributed by atoms with van der Waals surface area (Å²) in [6.45, 7) is 11.2. The number of carbonyl (C=O) groups is 4. The quantitative estimate of drug-likeness (QED) is 0.0479. The first-order chi connectivity index (χ1) is 31.6. The molecule has 0 aromatic carbocycles. The van der Waals surface area contributed by atoms with Crippen LogP contribution in [-0.2, 0) is 23.9 Å². The minimum absolute atomic E-state index is 0.0224. The predicted octanol–water partition coefficient (Wildman–Crippen LogP) is 15.6. The highest BCUT2D eigenvalue weighted by molar-refractivity contribution is 5.94. The minimum Gasteiger partial charge on any atom is -0.465 e. The summed E-state index contributed by atoms with van der Waals surface area (Å²) in [6.07, 6.45) is 41.8. The van der Waals surface area contributed by atoms with Crippen LogP contribution in [0.15, 0.2) is 0 Å². The van der Waals surface area contributed by atoms with Gasteiger partial charge in [-0.05, 0) is 84.3 Å². The third-order valence-corrected chi connectivity index (χ3v) is 13.5. The van der Waals surface area contributed by atoms with Crippen LogP contribution in [0, 0.1) is 17.8 Å². The monoisotopic (exact) mass is 920 g/mol. The first-order valence-electron chi connectivity index (χ1n) is 28.1. The molecule has 9 nitrogen and oxygen atoms in total. The van der Waals surface area contributed by atoms with E-state index < -0.39 is 0 Å². The van der Waals surface area contributed by atoms with Crippen molar-refractivity contribution in [2.75, 3.05) is 47.4 Å². The molecule has 0 aromatic heterocycles. The Kier molecular flexibility index (Phi) is 45.4. The number of esters is 2. The van der Waals surface area contributed by atoms with Crippen LogP contribution < -0.4 is 5.32 Å². The van der Waals surface area contributed by atoms with Gasteiger partial charge in [-0.2, -0.15) is 0 Å². The average Bonchev–Trinajstić information content (AvgIpc) is 3.29. The lowest BCUT2D eigenvalue weighted by molar-refractivity contribution is -0.150. The van der Waals surface area contributed by atoms with Crippen LogP contribution in [0.25, 0.3) is 0 Å². The largest absolute Gasteiger partial charge is 0.465 e. The number of hydrogen-bond donors (Lipinski definition) is 1. The summed E-state index contributed by atoms with van der Waals surface area (Å²) in [5.41, 5.74) is 0. The molecule has 0 rings (SSSR count). The highest BCUT2D eigenvalue weighted by atomic mass is 16.5. The van der Waals surface area contributed by atoms with E-state index in [0.29, 0.717) is 26.2 Å². The van der Waals surface area contributed by atoms with Gasteiger partial charge in [0.05, 0.1) is 25.0 Å². The molecule has 0 aromatic rings. The van der Waals surface area contributed by atoms with Gasteiger partial charge in [-0.25, -0.2) is 4.79 Å². The van der Waals surface area contributed by atoms with Crippen molar-refractivity contribution in [2.45, 2.75) is 272 Å². The lowest BCUT2D eigenvalue weighted by Gasteiger charge is -2.24. The van der Waals surface area contributed by atoms with Crippen LogP contribution in [0.4, 0.5) is 4.79 Å². The molecule has 0 aliphatic heterocycles.